The van der Waals surface area contributed by atoms with Gasteiger partial charge in [-0.15, -0.1) is 0 Å². The highest BCUT2D eigenvalue weighted by atomic mass is 16.2. The summed E-state index contributed by atoms with van der Waals surface area (Å²) in [5.74, 6) is 0.415. The van der Waals surface area contributed by atoms with Crippen molar-refractivity contribution < 1.29 is 9.90 Å². The number of benzene rings is 1. The number of hydrogen-bond donors (Lipinski definition) is 3. The molecule has 0 aliphatic heterocycles. The molecule has 0 saturated heterocycles. The van der Waals surface area contributed by atoms with Gasteiger partial charge in [-0.3, -0.25) is 4.79 Å². The number of aliphatic hydroxyl groups excluding tert-OH is 1. The van der Waals surface area contributed by atoms with Crippen LogP contribution in [0.15, 0.2) is 30.3 Å². The summed E-state index contributed by atoms with van der Waals surface area (Å²) in [4.78, 5) is 20.8. The average molecular weight is 328 g/mol. The second-order valence-corrected chi connectivity index (χ2v) is 5.72. The normalized spacial score (nSPS) is 10.5. The fourth-order valence-corrected chi connectivity index (χ4v) is 2.37. The zero-order chi connectivity index (χ0) is 17.4. The number of unbranched alkanes of at least 4 members (excludes halogenated alkanes) is 2. The summed E-state index contributed by atoms with van der Waals surface area (Å²) in [5, 5.41) is 14.8. The Bertz CT molecular complexity index is 668. The molecule has 24 heavy (non-hydrogen) atoms. The van der Waals surface area contributed by atoms with Crippen molar-refractivity contribution in [2.45, 2.75) is 33.1 Å². The van der Waals surface area contributed by atoms with Crippen LogP contribution in [0.25, 0.3) is 0 Å². The lowest BCUT2D eigenvalue weighted by atomic mass is 10.2. The Kier molecular flexibility index (Phi) is 6.69. The maximum Gasteiger partial charge on any atom is 0.251 e. The first-order valence-electron chi connectivity index (χ1n) is 8.17. The van der Waals surface area contributed by atoms with Crippen molar-refractivity contribution in [1.29, 1.82) is 0 Å². The van der Waals surface area contributed by atoms with E-state index in [4.69, 9.17) is 5.11 Å². The van der Waals surface area contributed by atoms with E-state index in [2.05, 4.69) is 20.6 Å². The molecule has 0 aliphatic rings. The number of aryl methyl sites for hydroxylation is 2. The Morgan fingerprint density at radius 2 is 1.83 bits per heavy atom. The Labute approximate surface area is 142 Å². The number of aromatic nitrogens is 2. The van der Waals surface area contributed by atoms with E-state index in [1.807, 2.05) is 32.0 Å². The molecular weight excluding hydrogens is 304 g/mol. The van der Waals surface area contributed by atoms with Crippen molar-refractivity contribution in [3.05, 3.63) is 47.3 Å². The van der Waals surface area contributed by atoms with E-state index < -0.39 is 0 Å². The fourth-order valence-electron chi connectivity index (χ4n) is 2.37. The third-order valence-electron chi connectivity index (χ3n) is 3.48. The lowest BCUT2D eigenvalue weighted by molar-refractivity contribution is 0.0953. The number of carbonyl (C=O) groups excluding carboxylic acids is 1. The zero-order valence-electron chi connectivity index (χ0n) is 14.2. The van der Waals surface area contributed by atoms with E-state index in [1.165, 1.54) is 0 Å². The molecule has 2 aromatic rings. The van der Waals surface area contributed by atoms with Crippen molar-refractivity contribution in [3.8, 4) is 0 Å². The van der Waals surface area contributed by atoms with Crippen molar-refractivity contribution in [1.82, 2.24) is 15.3 Å². The number of nitrogens with zero attached hydrogens (tertiary/aromatic N) is 2. The number of anilines is 2. The van der Waals surface area contributed by atoms with Gasteiger partial charge in [-0.1, -0.05) is 6.07 Å². The van der Waals surface area contributed by atoms with Gasteiger partial charge in [-0.2, -0.15) is 0 Å². The van der Waals surface area contributed by atoms with E-state index in [-0.39, 0.29) is 12.5 Å². The van der Waals surface area contributed by atoms with Gasteiger partial charge in [0.05, 0.1) is 0 Å². The third-order valence-corrected chi connectivity index (χ3v) is 3.48. The van der Waals surface area contributed by atoms with Crippen LogP contribution < -0.4 is 10.6 Å². The maximum atomic E-state index is 12.2. The first-order chi connectivity index (χ1) is 11.6. The molecule has 0 bridgehead atoms. The molecule has 0 radical (unpaired) electrons. The van der Waals surface area contributed by atoms with Crippen LogP contribution in [0.1, 0.15) is 41.0 Å². The highest BCUT2D eigenvalue weighted by molar-refractivity contribution is 5.95. The smallest absolute Gasteiger partial charge is 0.251 e. The van der Waals surface area contributed by atoms with E-state index in [1.54, 1.807) is 12.1 Å². The van der Waals surface area contributed by atoms with Gasteiger partial charge in [0.25, 0.3) is 5.91 Å². The number of nitrogens with one attached hydrogen (secondary N) is 2. The summed E-state index contributed by atoms with van der Waals surface area (Å²) in [6, 6.07) is 9.16. The Balaban J connectivity index is 1.96. The number of carbonyl (C=O) groups is 1. The third kappa shape index (κ3) is 5.62. The quantitative estimate of drug-likeness (QED) is 0.649. The van der Waals surface area contributed by atoms with Crippen LogP contribution in [0.3, 0.4) is 0 Å². The standard InChI is InChI=1S/C18H24N4O2/c1-13-11-14(2)21-18(20-13)22-16-8-6-7-15(12-16)17(24)19-9-4-3-5-10-23/h6-8,11-12,23H,3-5,9-10H2,1-2H3,(H,19,24)(H,20,21,22). The molecule has 1 aromatic carbocycles. The Hall–Kier alpha value is -2.47. The second kappa shape index (κ2) is 8.98. The van der Waals surface area contributed by atoms with Gasteiger partial charge in [0.1, 0.15) is 0 Å². The van der Waals surface area contributed by atoms with Gasteiger partial charge < -0.3 is 15.7 Å². The zero-order valence-corrected chi connectivity index (χ0v) is 14.2. The second-order valence-electron chi connectivity index (χ2n) is 5.72. The first-order valence-corrected chi connectivity index (χ1v) is 8.17. The van der Waals surface area contributed by atoms with Gasteiger partial charge >= 0.3 is 0 Å². The topological polar surface area (TPSA) is 87.1 Å². The summed E-state index contributed by atoms with van der Waals surface area (Å²) in [6.45, 7) is 4.64. The fraction of sp³-hybridized carbons (Fsp3) is 0.389. The van der Waals surface area contributed by atoms with Gasteiger partial charge in [0.2, 0.25) is 5.95 Å². The molecule has 0 aliphatic carbocycles. The van der Waals surface area contributed by atoms with E-state index in [0.717, 1.165) is 36.3 Å². The van der Waals surface area contributed by atoms with Crippen LogP contribution in [0.4, 0.5) is 11.6 Å². The number of aliphatic hydroxyl groups is 1. The summed E-state index contributed by atoms with van der Waals surface area (Å²) in [5.41, 5.74) is 3.14. The molecule has 3 N–H and O–H groups in total. The minimum Gasteiger partial charge on any atom is -0.396 e. The number of amides is 1. The van der Waals surface area contributed by atoms with Gasteiger partial charge in [-0.05, 0) is 57.4 Å². The predicted octanol–water partition coefficient (Wildman–Crippen LogP) is 2.73. The molecule has 1 aromatic heterocycles. The lowest BCUT2D eigenvalue weighted by Gasteiger charge is -2.09. The minimum atomic E-state index is -0.107. The summed E-state index contributed by atoms with van der Waals surface area (Å²) in [7, 11) is 0. The summed E-state index contributed by atoms with van der Waals surface area (Å²) in [6.07, 6.45) is 2.54. The van der Waals surface area contributed by atoms with Crippen LogP contribution in [-0.2, 0) is 0 Å². The van der Waals surface area contributed by atoms with Crippen molar-refractivity contribution in [2.24, 2.45) is 0 Å². The molecule has 128 valence electrons. The van der Waals surface area contributed by atoms with Crippen molar-refractivity contribution in [3.63, 3.8) is 0 Å². The van der Waals surface area contributed by atoms with Crippen LogP contribution in [0.5, 0.6) is 0 Å². The molecule has 0 saturated carbocycles. The molecular formula is C18H24N4O2. The molecule has 1 heterocycles. The van der Waals surface area contributed by atoms with Gasteiger partial charge in [0, 0.05) is 35.8 Å². The number of rotatable bonds is 8. The average Bonchev–Trinajstić information content (AvgIpc) is 2.54. The Morgan fingerprint density at radius 1 is 1.08 bits per heavy atom. The van der Waals surface area contributed by atoms with Crippen LogP contribution in [0, 0.1) is 13.8 Å². The van der Waals surface area contributed by atoms with E-state index in [9.17, 15) is 4.79 Å². The molecule has 6 nitrogen and oxygen atoms in total. The molecule has 0 unspecified atom stereocenters. The predicted molar refractivity (Wildman–Crippen MR) is 94.5 cm³/mol. The SMILES string of the molecule is Cc1cc(C)nc(Nc2cccc(C(=O)NCCCCCO)c2)n1. The monoisotopic (exact) mass is 328 g/mol. The molecule has 0 fully saturated rings. The van der Waals surface area contributed by atoms with Crippen LogP contribution >= 0.6 is 0 Å². The maximum absolute atomic E-state index is 12.2. The molecule has 0 spiro atoms. The first kappa shape index (κ1) is 17.9. The van der Waals surface area contributed by atoms with Gasteiger partial charge in [0.15, 0.2) is 0 Å². The summed E-state index contributed by atoms with van der Waals surface area (Å²) >= 11 is 0. The summed E-state index contributed by atoms with van der Waals surface area (Å²) < 4.78 is 0. The molecule has 1 amide bonds. The van der Waals surface area contributed by atoms with Crippen LogP contribution in [0.2, 0.25) is 0 Å². The van der Waals surface area contributed by atoms with Crippen molar-refractivity contribution in [2.75, 3.05) is 18.5 Å². The van der Waals surface area contributed by atoms with Gasteiger partial charge in [-0.25, -0.2) is 9.97 Å². The molecule has 6 heteroatoms. The Morgan fingerprint density at radius 3 is 2.54 bits per heavy atom. The van der Waals surface area contributed by atoms with Crippen LogP contribution in [-0.4, -0.2) is 34.1 Å². The largest absolute Gasteiger partial charge is 0.396 e. The highest BCUT2D eigenvalue weighted by Gasteiger charge is 2.07. The van der Waals surface area contributed by atoms with E-state index >= 15 is 0 Å². The molecule has 0 atom stereocenters. The van der Waals surface area contributed by atoms with Crippen molar-refractivity contribution >= 4 is 17.5 Å². The highest BCUT2D eigenvalue weighted by Crippen LogP contribution is 2.15. The van der Waals surface area contributed by atoms with E-state index in [0.29, 0.717) is 18.1 Å². The molecule has 2 rings (SSSR count). The minimum absolute atomic E-state index is 0.107. The number of hydrogen-bond acceptors (Lipinski definition) is 5. The lowest BCUT2D eigenvalue weighted by Crippen LogP contribution is -2.24.